The molecule has 0 fully saturated rings. The number of hydrogen-bond acceptors (Lipinski definition) is 6. The summed E-state index contributed by atoms with van der Waals surface area (Å²) in [5.41, 5.74) is 19.5. The zero-order valence-electron chi connectivity index (χ0n) is 17.3. The second-order valence-corrected chi connectivity index (χ2v) is 7.57. The van der Waals surface area contributed by atoms with Crippen LogP contribution in [0.5, 0.6) is 0 Å². The number of rotatable bonds is 2. The van der Waals surface area contributed by atoms with Gasteiger partial charge >= 0.3 is 0 Å². The van der Waals surface area contributed by atoms with Gasteiger partial charge in [-0.2, -0.15) is 15.2 Å². The molecule has 30 heavy (non-hydrogen) atoms. The molecule has 3 heterocycles. The summed E-state index contributed by atoms with van der Waals surface area (Å²) in [5.74, 6) is 0.472. The zero-order chi connectivity index (χ0) is 21.2. The van der Waals surface area contributed by atoms with Crippen LogP contribution in [0, 0.1) is 13.8 Å². The van der Waals surface area contributed by atoms with Crippen molar-refractivity contribution in [2.24, 2.45) is 14.1 Å². The molecule has 0 aliphatic rings. The monoisotopic (exact) mass is 398 g/mol. The first kappa shape index (κ1) is 18.1. The number of fused-ring (bicyclic) bond motifs is 2. The van der Waals surface area contributed by atoms with Crippen LogP contribution in [-0.2, 0) is 14.1 Å². The van der Waals surface area contributed by atoms with Crippen LogP contribution in [0.2, 0.25) is 0 Å². The second kappa shape index (κ2) is 6.28. The van der Waals surface area contributed by atoms with Crippen molar-refractivity contribution in [3.63, 3.8) is 0 Å². The summed E-state index contributed by atoms with van der Waals surface area (Å²) < 4.78 is 3.74. The smallest absolute Gasteiger partial charge is 0.222 e. The van der Waals surface area contributed by atoms with E-state index >= 15 is 0 Å². The van der Waals surface area contributed by atoms with E-state index in [0.717, 1.165) is 49.9 Å². The van der Waals surface area contributed by atoms with E-state index < -0.39 is 0 Å². The Morgan fingerprint density at radius 3 is 1.87 bits per heavy atom. The van der Waals surface area contributed by atoms with Crippen LogP contribution < -0.4 is 11.5 Å². The van der Waals surface area contributed by atoms with Gasteiger partial charge in [0.15, 0.2) is 0 Å². The van der Waals surface area contributed by atoms with Crippen LogP contribution in [0.3, 0.4) is 0 Å². The molecule has 3 aromatic heterocycles. The van der Waals surface area contributed by atoms with Crippen LogP contribution in [0.25, 0.3) is 44.2 Å². The van der Waals surface area contributed by atoms with Crippen molar-refractivity contribution in [2.75, 3.05) is 11.5 Å². The van der Waals surface area contributed by atoms with Gasteiger partial charge in [0.2, 0.25) is 5.95 Å². The van der Waals surface area contributed by atoms with E-state index in [1.165, 1.54) is 0 Å². The Balaban J connectivity index is 1.76. The third-order valence-corrected chi connectivity index (χ3v) is 5.78. The number of nitrogens with two attached hydrogens (primary N) is 2. The maximum absolute atomic E-state index is 6.34. The van der Waals surface area contributed by atoms with E-state index in [1.807, 2.05) is 61.6 Å². The molecule has 0 bridgehead atoms. The van der Waals surface area contributed by atoms with Crippen LogP contribution in [0.15, 0.2) is 36.4 Å². The molecule has 0 spiro atoms. The molecule has 0 saturated heterocycles. The summed E-state index contributed by atoms with van der Waals surface area (Å²) in [5, 5.41) is 11.4. The summed E-state index contributed by atoms with van der Waals surface area (Å²) in [6, 6.07) is 12.2. The summed E-state index contributed by atoms with van der Waals surface area (Å²) >= 11 is 0. The Morgan fingerprint density at radius 1 is 0.733 bits per heavy atom. The molecule has 2 aromatic carbocycles. The van der Waals surface area contributed by atoms with Gasteiger partial charge < -0.3 is 11.5 Å². The predicted molar refractivity (Wildman–Crippen MR) is 120 cm³/mol. The van der Waals surface area contributed by atoms with Crippen molar-refractivity contribution in [1.29, 1.82) is 0 Å². The average molecular weight is 398 g/mol. The SMILES string of the molecule is Cc1c2ccc(-c3nc(N)nc(N)c3-c3ccc4c(C)n(C)nc4c3)cc2nn1C. The Morgan fingerprint density at radius 2 is 1.27 bits per heavy atom. The first-order chi connectivity index (χ1) is 14.3. The van der Waals surface area contributed by atoms with Crippen molar-refractivity contribution in [2.45, 2.75) is 13.8 Å². The van der Waals surface area contributed by atoms with E-state index in [4.69, 9.17) is 11.5 Å². The van der Waals surface area contributed by atoms with Crippen molar-refractivity contribution < 1.29 is 0 Å². The molecule has 0 aliphatic carbocycles. The standard InChI is InChI=1S/C22H22N8/c1-11-15-7-5-13(9-17(15)27-29(11)3)19-20(25-22(24)26-21(19)23)14-6-8-16-12(2)30(4)28-18(16)10-14/h5-10H,1-4H3,(H4,23,24,25,26). The second-order valence-electron chi connectivity index (χ2n) is 7.57. The van der Waals surface area contributed by atoms with Gasteiger partial charge in [-0.05, 0) is 31.5 Å². The Hall–Kier alpha value is -3.94. The Labute approximate surface area is 173 Å². The molecule has 0 unspecified atom stereocenters. The lowest BCUT2D eigenvalue weighted by Gasteiger charge is -2.12. The minimum absolute atomic E-state index is 0.137. The molecular formula is C22H22N8. The maximum atomic E-state index is 6.34. The molecule has 0 amide bonds. The topological polar surface area (TPSA) is 113 Å². The van der Waals surface area contributed by atoms with Gasteiger partial charge in [-0.15, -0.1) is 0 Å². The van der Waals surface area contributed by atoms with Gasteiger partial charge in [0.25, 0.3) is 0 Å². The Kier molecular flexibility index (Phi) is 3.79. The predicted octanol–water partition coefficient (Wildman–Crippen LogP) is 3.37. The molecule has 5 rings (SSSR count). The number of aromatic nitrogens is 6. The van der Waals surface area contributed by atoms with Gasteiger partial charge in [0.05, 0.1) is 22.3 Å². The molecule has 150 valence electrons. The van der Waals surface area contributed by atoms with E-state index in [9.17, 15) is 0 Å². The maximum Gasteiger partial charge on any atom is 0.222 e. The van der Waals surface area contributed by atoms with Gasteiger partial charge in [0.1, 0.15) is 5.82 Å². The molecule has 0 aliphatic heterocycles. The minimum Gasteiger partial charge on any atom is -0.383 e. The molecular weight excluding hydrogens is 376 g/mol. The van der Waals surface area contributed by atoms with Crippen molar-refractivity contribution in [3.8, 4) is 22.4 Å². The van der Waals surface area contributed by atoms with Crippen molar-refractivity contribution in [1.82, 2.24) is 29.5 Å². The number of anilines is 2. The highest BCUT2D eigenvalue weighted by Crippen LogP contribution is 2.37. The molecule has 8 heteroatoms. The highest BCUT2D eigenvalue weighted by molar-refractivity contribution is 5.95. The summed E-state index contributed by atoms with van der Waals surface area (Å²) in [7, 11) is 3.87. The van der Waals surface area contributed by atoms with Crippen molar-refractivity contribution in [3.05, 3.63) is 47.8 Å². The molecule has 5 aromatic rings. The first-order valence-corrected chi connectivity index (χ1v) is 9.64. The average Bonchev–Trinajstić information content (AvgIpc) is 3.15. The molecule has 0 atom stereocenters. The van der Waals surface area contributed by atoms with Crippen molar-refractivity contribution >= 4 is 33.6 Å². The quantitative estimate of drug-likeness (QED) is 0.471. The lowest BCUT2D eigenvalue weighted by Crippen LogP contribution is -2.04. The highest BCUT2D eigenvalue weighted by atomic mass is 15.3. The summed E-state index contributed by atoms with van der Waals surface area (Å²) in [6.45, 7) is 4.09. The van der Waals surface area contributed by atoms with Gasteiger partial charge in [-0.25, -0.2) is 4.98 Å². The fraction of sp³-hybridized carbons (Fsp3) is 0.182. The lowest BCUT2D eigenvalue weighted by atomic mass is 9.98. The van der Waals surface area contributed by atoms with E-state index in [1.54, 1.807) is 0 Å². The summed E-state index contributed by atoms with van der Waals surface area (Å²) in [4.78, 5) is 8.76. The molecule has 4 N–H and O–H groups in total. The van der Waals surface area contributed by atoms with E-state index in [-0.39, 0.29) is 5.95 Å². The molecule has 8 nitrogen and oxygen atoms in total. The third-order valence-electron chi connectivity index (χ3n) is 5.78. The first-order valence-electron chi connectivity index (χ1n) is 9.64. The number of nitrogens with zero attached hydrogens (tertiary/aromatic N) is 6. The fourth-order valence-corrected chi connectivity index (χ4v) is 3.95. The van der Waals surface area contributed by atoms with Gasteiger partial charge in [-0.1, -0.05) is 24.3 Å². The van der Waals surface area contributed by atoms with Crippen LogP contribution >= 0.6 is 0 Å². The van der Waals surface area contributed by atoms with Gasteiger partial charge in [0, 0.05) is 41.8 Å². The molecule has 0 saturated carbocycles. The normalized spacial score (nSPS) is 11.6. The minimum atomic E-state index is 0.137. The summed E-state index contributed by atoms with van der Waals surface area (Å²) in [6.07, 6.45) is 0. The van der Waals surface area contributed by atoms with E-state index in [0.29, 0.717) is 11.5 Å². The van der Waals surface area contributed by atoms with Crippen LogP contribution in [0.1, 0.15) is 11.4 Å². The largest absolute Gasteiger partial charge is 0.383 e. The number of aryl methyl sites for hydroxylation is 4. The number of nitrogen functional groups attached to an aromatic ring is 2. The Bertz CT molecular complexity index is 1460. The third kappa shape index (κ3) is 2.61. The number of hydrogen-bond donors (Lipinski definition) is 2. The lowest BCUT2D eigenvalue weighted by molar-refractivity contribution is 0.751. The van der Waals surface area contributed by atoms with E-state index in [2.05, 4.69) is 32.3 Å². The number of benzene rings is 2. The van der Waals surface area contributed by atoms with Gasteiger partial charge in [-0.3, -0.25) is 9.36 Å². The zero-order valence-corrected chi connectivity index (χ0v) is 17.3. The van der Waals surface area contributed by atoms with Crippen LogP contribution in [0.4, 0.5) is 11.8 Å². The molecule has 0 radical (unpaired) electrons. The van der Waals surface area contributed by atoms with Crippen LogP contribution in [-0.4, -0.2) is 29.5 Å². The highest BCUT2D eigenvalue weighted by Gasteiger charge is 2.18. The fourth-order valence-electron chi connectivity index (χ4n) is 3.95.